The second-order valence-electron chi connectivity index (χ2n) is 1.06. The molecule has 0 bridgehead atoms. The highest BCUT2D eigenvalue weighted by molar-refractivity contribution is 7.78. The molecule has 0 rings (SSSR count). The predicted octanol–water partition coefficient (Wildman–Crippen LogP) is 1.53. The van der Waals surface area contributed by atoms with Gasteiger partial charge in [-0.2, -0.15) is 0 Å². The molecule has 0 aliphatic heterocycles. The van der Waals surface area contributed by atoms with Gasteiger partial charge in [-0.25, -0.2) is 0 Å². The number of halogens is 1. The van der Waals surface area contributed by atoms with Crippen LogP contribution in [0, 0.1) is 0 Å². The van der Waals surface area contributed by atoms with Crippen LogP contribution in [-0.4, -0.2) is 10.6 Å². The molecule has 0 saturated heterocycles. The Morgan fingerprint density at radius 1 is 1.86 bits per heavy atom. The molecular weight excluding hydrogens is 132 g/mol. The van der Waals surface area contributed by atoms with Gasteiger partial charge in [-0.1, -0.05) is 12.2 Å². The summed E-state index contributed by atoms with van der Waals surface area (Å²) in [6, 6.07) is 0. The minimum Gasteiger partial charge on any atom is -0.281 e. The van der Waals surface area contributed by atoms with Crippen molar-refractivity contribution < 1.29 is 4.79 Å². The van der Waals surface area contributed by atoms with Gasteiger partial charge in [0.15, 0.2) is 0 Å². The summed E-state index contributed by atoms with van der Waals surface area (Å²) >= 11 is 9.39. The Hall–Kier alpha value is 0.0500. The van der Waals surface area contributed by atoms with Crippen LogP contribution < -0.4 is 0 Å². The minimum atomic E-state index is -0.318. The smallest absolute Gasteiger partial charge is 0.221 e. The van der Waals surface area contributed by atoms with Crippen LogP contribution in [0.15, 0.2) is 0 Å². The van der Waals surface area contributed by atoms with Crippen LogP contribution in [0.3, 0.4) is 0 Å². The van der Waals surface area contributed by atoms with Crippen LogP contribution >= 0.6 is 23.8 Å². The first kappa shape index (κ1) is 7.05. The third-order valence-electron chi connectivity index (χ3n) is 0.459. The number of hydrogen-bond acceptors (Lipinski definition) is 2. The molecule has 0 radical (unpaired) electrons. The molecule has 0 heterocycles. The predicted molar refractivity (Wildman–Crippen MR) is 33.7 cm³/mol. The quantitative estimate of drug-likeness (QED) is 0.433. The lowest BCUT2D eigenvalue weighted by Gasteiger charge is -1.79. The monoisotopic (exact) mass is 136 g/mol. The van der Waals surface area contributed by atoms with Crippen molar-refractivity contribution in [2.24, 2.45) is 0 Å². The average Bonchev–Trinajstić information content (AvgIpc) is 1.61. The summed E-state index contributed by atoms with van der Waals surface area (Å²) in [6.07, 6.45) is 0.975. The Balaban J connectivity index is 2.97. The maximum Gasteiger partial charge on any atom is 0.221 e. The van der Waals surface area contributed by atoms with E-state index >= 15 is 0 Å². The molecule has 1 nitrogen and oxygen atoms in total. The van der Waals surface area contributed by atoms with E-state index in [9.17, 15) is 4.79 Å². The number of rotatable bonds is 3. The van der Waals surface area contributed by atoms with Gasteiger partial charge in [-0.3, -0.25) is 4.79 Å². The van der Waals surface area contributed by atoms with Crippen molar-refractivity contribution in [1.82, 2.24) is 0 Å². The number of carbonyl (C=O) groups is 1. The molecule has 0 aliphatic rings. The third-order valence-corrected chi connectivity index (χ3v) is 0.883. The lowest BCUT2D eigenvalue weighted by atomic mass is 10.4. The van der Waals surface area contributed by atoms with E-state index in [0.29, 0.717) is 12.8 Å². The molecule has 0 aromatic rings. The normalized spacial score (nSPS) is 8.14. The molecule has 0 N–H and O–H groups in total. The minimum absolute atomic E-state index is 0.318. The fourth-order valence-electron chi connectivity index (χ4n) is 0.172. The van der Waals surface area contributed by atoms with Gasteiger partial charge in [0.05, 0.1) is 0 Å². The first-order valence-corrected chi connectivity index (χ1v) is 2.74. The van der Waals surface area contributed by atoms with E-state index in [2.05, 4.69) is 12.2 Å². The zero-order valence-corrected chi connectivity index (χ0v) is 5.26. The van der Waals surface area contributed by atoms with Crippen molar-refractivity contribution in [2.45, 2.75) is 12.8 Å². The second-order valence-corrected chi connectivity index (χ2v) is 1.82. The summed E-state index contributed by atoms with van der Waals surface area (Å²) in [5.74, 6) is 0. The summed E-state index contributed by atoms with van der Waals surface area (Å²) in [5.41, 5.74) is 0. The lowest BCUT2D eigenvalue weighted by Crippen LogP contribution is -1.83. The van der Waals surface area contributed by atoms with Crippen molar-refractivity contribution in [3.05, 3.63) is 0 Å². The van der Waals surface area contributed by atoms with Gasteiger partial charge in [0.2, 0.25) is 5.24 Å². The fraction of sp³-hybridized carbons (Fsp3) is 0.500. The molecule has 0 atom stereocenters. The van der Waals surface area contributed by atoms with E-state index in [-0.39, 0.29) is 5.24 Å². The molecule has 0 aromatic carbocycles. The molecule has 0 aliphatic carbocycles. The van der Waals surface area contributed by atoms with Gasteiger partial charge in [0.25, 0.3) is 0 Å². The summed E-state index contributed by atoms with van der Waals surface area (Å²) in [6.45, 7) is 0. The highest BCUT2D eigenvalue weighted by Crippen LogP contribution is 1.90. The lowest BCUT2D eigenvalue weighted by molar-refractivity contribution is -0.111. The van der Waals surface area contributed by atoms with Gasteiger partial charge in [0, 0.05) is 6.42 Å². The molecule has 40 valence electrons. The largest absolute Gasteiger partial charge is 0.281 e. The van der Waals surface area contributed by atoms with Gasteiger partial charge < -0.3 is 0 Å². The van der Waals surface area contributed by atoms with Crippen LogP contribution in [0.2, 0.25) is 0 Å². The molecular formula is C4H5ClOS. The van der Waals surface area contributed by atoms with Crippen LogP contribution in [0.4, 0.5) is 0 Å². The second kappa shape index (κ2) is 4.22. The third kappa shape index (κ3) is 6.05. The standard InChI is InChI=1S/C4H5ClOS/c5-4(6)2-1-3-7/h3H,1-2H2. The molecule has 0 aromatic heterocycles. The summed E-state index contributed by atoms with van der Waals surface area (Å²) in [5, 5.41) is 1.18. The SMILES string of the molecule is O=C(Cl)CCC=S. The van der Waals surface area contributed by atoms with Crippen molar-refractivity contribution >= 4 is 34.4 Å². The van der Waals surface area contributed by atoms with Crippen molar-refractivity contribution in [2.75, 3.05) is 0 Å². The van der Waals surface area contributed by atoms with E-state index in [1.54, 1.807) is 0 Å². The Morgan fingerprint density at radius 2 is 2.43 bits per heavy atom. The Bertz CT molecular complexity index is 81.8. The Morgan fingerprint density at radius 3 is 2.57 bits per heavy atom. The van der Waals surface area contributed by atoms with Crippen molar-refractivity contribution in [1.29, 1.82) is 0 Å². The first-order chi connectivity index (χ1) is 3.27. The fourth-order valence-corrected chi connectivity index (χ4v) is 0.399. The Labute approximate surface area is 52.7 Å². The molecule has 0 amide bonds. The van der Waals surface area contributed by atoms with Crippen LogP contribution in [0.1, 0.15) is 12.8 Å². The summed E-state index contributed by atoms with van der Waals surface area (Å²) < 4.78 is 0. The van der Waals surface area contributed by atoms with Crippen molar-refractivity contribution in [3.63, 3.8) is 0 Å². The highest BCUT2D eigenvalue weighted by Gasteiger charge is 1.89. The molecule has 7 heavy (non-hydrogen) atoms. The van der Waals surface area contributed by atoms with Crippen molar-refractivity contribution in [3.8, 4) is 0 Å². The van der Waals surface area contributed by atoms with Gasteiger partial charge in [-0.05, 0) is 23.4 Å². The topological polar surface area (TPSA) is 17.1 Å². The zero-order valence-electron chi connectivity index (χ0n) is 3.69. The number of hydrogen-bond donors (Lipinski definition) is 0. The maximum atomic E-state index is 9.90. The van der Waals surface area contributed by atoms with Gasteiger partial charge in [-0.15, -0.1) is 0 Å². The van der Waals surface area contributed by atoms with E-state index in [0.717, 1.165) is 0 Å². The van der Waals surface area contributed by atoms with Crippen LogP contribution in [0.25, 0.3) is 0 Å². The van der Waals surface area contributed by atoms with E-state index in [1.807, 2.05) is 0 Å². The highest BCUT2D eigenvalue weighted by atomic mass is 35.5. The van der Waals surface area contributed by atoms with Gasteiger partial charge >= 0.3 is 0 Å². The Kier molecular flexibility index (Phi) is 4.25. The molecule has 0 spiro atoms. The summed E-state index contributed by atoms with van der Waals surface area (Å²) in [7, 11) is 0. The van der Waals surface area contributed by atoms with E-state index < -0.39 is 0 Å². The number of carbonyl (C=O) groups excluding carboxylic acids is 1. The van der Waals surface area contributed by atoms with Crippen LogP contribution in [-0.2, 0) is 4.79 Å². The maximum absolute atomic E-state index is 9.90. The van der Waals surface area contributed by atoms with Gasteiger partial charge in [0.1, 0.15) is 0 Å². The first-order valence-electron chi connectivity index (χ1n) is 1.89. The zero-order chi connectivity index (χ0) is 5.70. The molecule has 0 saturated carbocycles. The summed E-state index contributed by atoms with van der Waals surface area (Å²) in [4.78, 5) is 9.90. The van der Waals surface area contributed by atoms with Crippen LogP contribution in [0.5, 0.6) is 0 Å². The average molecular weight is 137 g/mol. The molecule has 3 heteroatoms. The molecule has 0 unspecified atom stereocenters. The van der Waals surface area contributed by atoms with E-state index in [1.165, 1.54) is 5.37 Å². The van der Waals surface area contributed by atoms with E-state index in [4.69, 9.17) is 11.6 Å². The molecule has 0 fully saturated rings. The number of thiocarbonyl (C=S) groups is 1.